The van der Waals surface area contributed by atoms with E-state index in [1.807, 2.05) is 0 Å². The quantitative estimate of drug-likeness (QED) is 0.462. The van der Waals surface area contributed by atoms with Gasteiger partial charge in [-0.05, 0) is 0 Å². The molecule has 0 bridgehead atoms. The summed E-state index contributed by atoms with van der Waals surface area (Å²) in [6.07, 6.45) is 17.8. The van der Waals surface area contributed by atoms with Crippen molar-refractivity contribution in [3.8, 4) is 0 Å². The Balaban J connectivity index is 0.000000845. The topological polar surface area (TPSA) is 0 Å². The fourth-order valence-corrected chi connectivity index (χ4v) is 4.51. The first kappa shape index (κ1) is 14.1. The second kappa shape index (κ2) is 6.58. The Bertz CT molecular complexity index is 259. The molecule has 0 fully saturated rings. The molecule has 2 rings (SSSR count). The Morgan fingerprint density at radius 3 is 1.29 bits per heavy atom. The number of hydrogen-bond acceptors (Lipinski definition) is 0. The monoisotopic (exact) mass is 262 g/mol. The third-order valence-electron chi connectivity index (χ3n) is 2.35. The van der Waals surface area contributed by atoms with Gasteiger partial charge in [0.1, 0.15) is 0 Å². The van der Waals surface area contributed by atoms with Crippen LogP contribution in [0.4, 0.5) is 0 Å². The van der Waals surface area contributed by atoms with Crippen LogP contribution in [-0.2, 0) is 17.4 Å². The third-order valence-corrected chi connectivity index (χ3v) is 6.23. The van der Waals surface area contributed by atoms with E-state index in [2.05, 4.69) is 53.4 Å². The number of hydrogen-bond donors (Lipinski definition) is 0. The second-order valence-corrected chi connectivity index (χ2v) is 7.04. The molecule has 14 heavy (non-hydrogen) atoms. The van der Waals surface area contributed by atoms with E-state index in [9.17, 15) is 0 Å². The molecule has 0 N–H and O–H groups in total. The summed E-state index contributed by atoms with van der Waals surface area (Å²) in [5, 5.41) is 0. The maximum atomic E-state index is 4.36. The smallest absolute Gasteiger partial charge is 1.00 e. The van der Waals surface area contributed by atoms with Gasteiger partial charge in [0.25, 0.3) is 0 Å². The molecule has 3 heteroatoms. The Morgan fingerprint density at radius 1 is 0.714 bits per heavy atom. The van der Waals surface area contributed by atoms with Gasteiger partial charge in [-0.25, -0.2) is 0 Å². The minimum Gasteiger partial charge on any atom is -1.00 e. The maximum absolute atomic E-state index is 4.36. The van der Waals surface area contributed by atoms with Crippen LogP contribution < -0.4 is 24.8 Å². The zero-order valence-corrected chi connectivity index (χ0v) is 10.8. The number of halogens is 2. The average molecular weight is 263 g/mol. The van der Waals surface area contributed by atoms with Crippen LogP contribution in [0.1, 0.15) is 0 Å². The van der Waals surface area contributed by atoms with Gasteiger partial charge in [0.05, 0.1) is 0 Å². The van der Waals surface area contributed by atoms with Gasteiger partial charge in [0, 0.05) is 0 Å². The molecule has 0 aromatic rings. The van der Waals surface area contributed by atoms with Crippen molar-refractivity contribution in [3.63, 3.8) is 0 Å². The number of allylic oxidation sites excluding steroid dienone is 8. The summed E-state index contributed by atoms with van der Waals surface area (Å²) < 4.78 is 1.39. The van der Waals surface area contributed by atoms with Crippen molar-refractivity contribution in [1.82, 2.24) is 0 Å². The van der Waals surface area contributed by atoms with Gasteiger partial charge in [-0.15, -0.1) is 0 Å². The summed E-state index contributed by atoms with van der Waals surface area (Å²) in [7, 11) is 0. The van der Waals surface area contributed by atoms with Crippen LogP contribution in [0, 0.1) is 0 Å². The molecule has 0 atom stereocenters. The summed E-state index contributed by atoms with van der Waals surface area (Å²) in [5.74, 6) is 0. The zero-order chi connectivity index (χ0) is 8.39. The first-order valence-electron chi connectivity index (χ1n) is 4.26. The standard InChI is InChI=1S/2C5H5.CH2.2ClH.Ti/c2*1-2-4-5-3-1;;;;/h2*1-5H;1H2;2*1H;/q;;;;;+2/p-2. The fraction of sp³-hybridized carbons (Fsp3) is 0.182. The van der Waals surface area contributed by atoms with E-state index >= 15 is 0 Å². The van der Waals surface area contributed by atoms with Crippen LogP contribution in [0.25, 0.3) is 0 Å². The molecule has 74 valence electrons. The van der Waals surface area contributed by atoms with Gasteiger partial charge >= 0.3 is 79.3 Å². The molecule has 0 spiro atoms. The molecule has 0 unspecified atom stereocenters. The Hall–Kier alpha value is 0.124. The largest absolute Gasteiger partial charge is 1.00 e. The molecule has 0 saturated carbocycles. The predicted molar refractivity (Wildman–Crippen MR) is 51.2 cm³/mol. The molecular formula is C11H12Cl2Ti. The van der Waals surface area contributed by atoms with Crippen molar-refractivity contribution in [2.75, 3.05) is 0 Å². The SMILES string of the molecule is [CH2]=[Ti+2]([CH]1C=CC=C1)[CH]1C=CC=C1.[Cl-].[Cl-]. The van der Waals surface area contributed by atoms with E-state index in [0.29, 0.717) is 8.45 Å². The van der Waals surface area contributed by atoms with Crippen molar-refractivity contribution in [1.29, 1.82) is 0 Å². The van der Waals surface area contributed by atoms with Gasteiger partial charge in [-0.1, -0.05) is 0 Å². The van der Waals surface area contributed by atoms with Crippen molar-refractivity contribution in [3.05, 3.63) is 48.6 Å². The van der Waals surface area contributed by atoms with E-state index in [-0.39, 0.29) is 24.8 Å². The summed E-state index contributed by atoms with van der Waals surface area (Å²) in [4.78, 5) is 4.36. The van der Waals surface area contributed by atoms with E-state index in [1.165, 1.54) is 0 Å². The molecule has 0 nitrogen and oxygen atoms in total. The van der Waals surface area contributed by atoms with Crippen LogP contribution in [-0.4, -0.2) is 4.82 Å². The average Bonchev–Trinajstić information content (AvgIpc) is 2.77. The van der Waals surface area contributed by atoms with Crippen molar-refractivity contribution in [2.24, 2.45) is 0 Å². The minimum absolute atomic E-state index is 0. The van der Waals surface area contributed by atoms with E-state index in [0.717, 1.165) is 0 Å². The molecule has 0 aliphatic heterocycles. The molecular weight excluding hydrogens is 251 g/mol. The van der Waals surface area contributed by atoms with Crippen LogP contribution in [0.3, 0.4) is 0 Å². The first-order chi connectivity index (χ1) is 5.88. The van der Waals surface area contributed by atoms with Gasteiger partial charge < -0.3 is 24.8 Å². The molecule has 0 aromatic heterocycles. The van der Waals surface area contributed by atoms with Gasteiger partial charge in [-0.2, -0.15) is 0 Å². The first-order valence-corrected chi connectivity index (χ1v) is 7.17. The Labute approximate surface area is 104 Å². The van der Waals surface area contributed by atoms with Crippen LogP contribution in [0.5, 0.6) is 0 Å². The molecule has 0 radical (unpaired) electrons. The number of rotatable bonds is 2. The minimum atomic E-state index is -1.18. The van der Waals surface area contributed by atoms with Crippen LogP contribution in [0.15, 0.2) is 48.6 Å². The normalized spacial score (nSPS) is 17.6. The van der Waals surface area contributed by atoms with Crippen molar-refractivity contribution < 1.29 is 42.2 Å². The predicted octanol–water partition coefficient (Wildman–Crippen LogP) is -3.13. The summed E-state index contributed by atoms with van der Waals surface area (Å²) >= 11 is -1.18. The molecule has 0 amide bonds. The van der Waals surface area contributed by atoms with Crippen molar-refractivity contribution in [2.45, 2.75) is 8.45 Å². The molecule has 0 saturated heterocycles. The zero-order valence-electron chi connectivity index (χ0n) is 7.74. The Morgan fingerprint density at radius 2 is 1.00 bits per heavy atom. The van der Waals surface area contributed by atoms with E-state index < -0.39 is 17.4 Å². The van der Waals surface area contributed by atoms with Crippen LogP contribution in [0.2, 0.25) is 8.45 Å². The van der Waals surface area contributed by atoms with Gasteiger partial charge in [0.2, 0.25) is 0 Å². The second-order valence-electron chi connectivity index (χ2n) is 3.17. The molecule has 2 aliphatic rings. The molecule has 0 aromatic carbocycles. The summed E-state index contributed by atoms with van der Waals surface area (Å²) in [6, 6.07) is 0. The molecule has 2 aliphatic carbocycles. The fourth-order valence-electron chi connectivity index (χ4n) is 1.58. The molecule has 0 heterocycles. The summed E-state index contributed by atoms with van der Waals surface area (Å²) in [5.41, 5.74) is 0. The maximum Gasteiger partial charge on any atom is -1.00 e. The van der Waals surface area contributed by atoms with Gasteiger partial charge in [-0.3, -0.25) is 0 Å². The van der Waals surface area contributed by atoms with Crippen LogP contribution >= 0.6 is 0 Å². The van der Waals surface area contributed by atoms with E-state index in [4.69, 9.17) is 0 Å². The third kappa shape index (κ3) is 3.07. The van der Waals surface area contributed by atoms with Gasteiger partial charge in [0.15, 0.2) is 0 Å². The Kier molecular flexibility index (Phi) is 6.64. The van der Waals surface area contributed by atoms with Crippen molar-refractivity contribution >= 4 is 4.82 Å². The summed E-state index contributed by atoms with van der Waals surface area (Å²) in [6.45, 7) is 0. The van der Waals surface area contributed by atoms with E-state index in [1.54, 1.807) is 0 Å².